The molecule has 0 aliphatic carbocycles. The molecule has 3 rings (SSSR count). The normalized spacial score (nSPS) is 14.9. The van der Waals surface area contributed by atoms with E-state index in [0.29, 0.717) is 6.54 Å². The van der Waals surface area contributed by atoms with E-state index in [2.05, 4.69) is 55.4 Å². The SMILES string of the molecule is Cc1ccc2c(c1)SC(=Cc1ccc[n+](CCO)c1)N2C.[I-]. The van der Waals surface area contributed by atoms with Gasteiger partial charge in [-0.25, -0.2) is 4.57 Å². The Morgan fingerprint density at radius 1 is 1.32 bits per heavy atom. The molecule has 0 spiro atoms. The monoisotopic (exact) mass is 426 g/mol. The molecule has 0 saturated carbocycles. The van der Waals surface area contributed by atoms with Crippen LogP contribution in [-0.2, 0) is 6.54 Å². The van der Waals surface area contributed by atoms with E-state index in [4.69, 9.17) is 5.11 Å². The standard InChI is InChI=1S/C17H19N2OS.HI/c1-13-5-6-15-16(10-13)21-17(18(15)2)11-14-4-3-7-19(12-14)8-9-20;/h3-7,10-12,20H,8-9H2,1-2H3;1H/q+1;/p-1. The van der Waals surface area contributed by atoms with Crippen LogP contribution in [0.1, 0.15) is 11.1 Å². The summed E-state index contributed by atoms with van der Waals surface area (Å²) in [5.74, 6) is 0. The Hall–Kier alpha value is -1.05. The summed E-state index contributed by atoms with van der Waals surface area (Å²) in [5, 5.41) is 10.3. The smallest absolute Gasteiger partial charge is 0.176 e. The van der Waals surface area contributed by atoms with Crippen molar-refractivity contribution in [1.82, 2.24) is 0 Å². The van der Waals surface area contributed by atoms with Gasteiger partial charge in [-0.1, -0.05) is 17.8 Å². The highest BCUT2D eigenvalue weighted by Crippen LogP contribution is 2.45. The van der Waals surface area contributed by atoms with E-state index in [1.165, 1.54) is 21.2 Å². The van der Waals surface area contributed by atoms with Gasteiger partial charge in [-0.15, -0.1) is 0 Å². The molecule has 0 amide bonds. The summed E-state index contributed by atoms with van der Waals surface area (Å²) in [4.78, 5) is 3.53. The first-order valence-electron chi connectivity index (χ1n) is 7.01. The van der Waals surface area contributed by atoms with Gasteiger partial charge in [0.05, 0.1) is 10.7 Å². The Labute approximate surface area is 152 Å². The van der Waals surface area contributed by atoms with Gasteiger partial charge in [0.15, 0.2) is 18.9 Å². The second kappa shape index (κ2) is 7.48. The molecule has 0 fully saturated rings. The number of thioether (sulfide) groups is 1. The number of hydrogen-bond donors (Lipinski definition) is 1. The van der Waals surface area contributed by atoms with Crippen LogP contribution in [0.4, 0.5) is 5.69 Å². The van der Waals surface area contributed by atoms with E-state index in [1.807, 2.05) is 16.8 Å². The maximum absolute atomic E-state index is 9.03. The van der Waals surface area contributed by atoms with Crippen LogP contribution < -0.4 is 33.4 Å². The summed E-state index contributed by atoms with van der Waals surface area (Å²) in [7, 11) is 2.10. The number of benzene rings is 1. The molecule has 3 nitrogen and oxygen atoms in total. The second-order valence-electron chi connectivity index (χ2n) is 5.21. The average Bonchev–Trinajstić information content (AvgIpc) is 2.75. The van der Waals surface area contributed by atoms with E-state index >= 15 is 0 Å². The fourth-order valence-corrected chi connectivity index (χ4v) is 3.64. The van der Waals surface area contributed by atoms with Crippen molar-refractivity contribution in [3.8, 4) is 0 Å². The molecule has 2 heterocycles. The third-order valence-electron chi connectivity index (χ3n) is 3.55. The topological polar surface area (TPSA) is 27.4 Å². The van der Waals surface area contributed by atoms with Gasteiger partial charge < -0.3 is 34.0 Å². The van der Waals surface area contributed by atoms with Crippen molar-refractivity contribution in [2.24, 2.45) is 0 Å². The largest absolute Gasteiger partial charge is 1.00 e. The minimum absolute atomic E-state index is 0. The minimum Gasteiger partial charge on any atom is -1.00 e. The van der Waals surface area contributed by atoms with Crippen LogP contribution in [0.25, 0.3) is 6.08 Å². The van der Waals surface area contributed by atoms with Gasteiger partial charge >= 0.3 is 0 Å². The van der Waals surface area contributed by atoms with Crippen LogP contribution >= 0.6 is 11.8 Å². The van der Waals surface area contributed by atoms with E-state index < -0.39 is 0 Å². The molecule has 5 heteroatoms. The highest BCUT2D eigenvalue weighted by atomic mass is 127. The van der Waals surface area contributed by atoms with Crippen LogP contribution in [0.15, 0.2) is 52.7 Å². The predicted molar refractivity (Wildman–Crippen MR) is 87.1 cm³/mol. The molecule has 2 aromatic rings. The molecule has 1 aliphatic heterocycles. The maximum Gasteiger partial charge on any atom is 0.176 e. The number of aryl methyl sites for hydroxylation is 1. The first-order chi connectivity index (χ1) is 10.2. The summed E-state index contributed by atoms with van der Waals surface area (Å²) < 4.78 is 2.00. The van der Waals surface area contributed by atoms with Gasteiger partial charge in [0, 0.05) is 23.6 Å². The average molecular weight is 426 g/mol. The zero-order chi connectivity index (χ0) is 14.8. The first-order valence-corrected chi connectivity index (χ1v) is 7.83. The Kier molecular flexibility index (Phi) is 5.88. The van der Waals surface area contributed by atoms with Gasteiger partial charge in [-0.05, 0) is 36.8 Å². The van der Waals surface area contributed by atoms with Gasteiger partial charge in [-0.3, -0.25) is 0 Å². The molecule has 116 valence electrons. The number of aliphatic hydroxyl groups excluding tert-OH is 1. The quantitative estimate of drug-likeness (QED) is 0.545. The fourth-order valence-electron chi connectivity index (χ4n) is 2.43. The number of anilines is 1. The van der Waals surface area contributed by atoms with Gasteiger partial charge in [0.1, 0.15) is 6.61 Å². The van der Waals surface area contributed by atoms with Gasteiger partial charge in [0.25, 0.3) is 0 Å². The maximum atomic E-state index is 9.03. The van der Waals surface area contributed by atoms with Crippen LogP contribution in [0, 0.1) is 6.92 Å². The Balaban J connectivity index is 0.00000176. The lowest BCUT2D eigenvalue weighted by Crippen LogP contribution is -3.00. The zero-order valence-electron chi connectivity index (χ0n) is 12.7. The van der Waals surface area contributed by atoms with E-state index in [0.717, 1.165) is 5.56 Å². The van der Waals surface area contributed by atoms with Crippen LogP contribution in [0.3, 0.4) is 0 Å². The molecule has 1 aromatic heterocycles. The fraction of sp³-hybridized carbons (Fsp3) is 0.235. The molecule has 1 aromatic carbocycles. The number of hydrogen-bond acceptors (Lipinski definition) is 3. The molecule has 22 heavy (non-hydrogen) atoms. The van der Waals surface area contributed by atoms with Crippen LogP contribution in [0.2, 0.25) is 0 Å². The van der Waals surface area contributed by atoms with Crippen molar-refractivity contribution in [3.05, 3.63) is 58.9 Å². The highest BCUT2D eigenvalue weighted by Gasteiger charge is 2.21. The molecule has 0 bridgehead atoms. The van der Waals surface area contributed by atoms with Crippen LogP contribution in [-0.4, -0.2) is 18.8 Å². The molecule has 0 saturated heterocycles. The Morgan fingerprint density at radius 2 is 2.14 bits per heavy atom. The van der Waals surface area contributed by atoms with Crippen molar-refractivity contribution in [3.63, 3.8) is 0 Å². The third-order valence-corrected chi connectivity index (χ3v) is 4.70. The van der Waals surface area contributed by atoms with Crippen molar-refractivity contribution < 1.29 is 33.7 Å². The summed E-state index contributed by atoms with van der Waals surface area (Å²) in [6.07, 6.45) is 6.22. The van der Waals surface area contributed by atoms with Crippen molar-refractivity contribution in [2.75, 3.05) is 18.6 Å². The molecular formula is C17H19IN2OS. The lowest BCUT2D eigenvalue weighted by atomic mass is 10.2. The Morgan fingerprint density at radius 3 is 2.91 bits per heavy atom. The number of aromatic nitrogens is 1. The Bertz CT molecular complexity index is 703. The lowest BCUT2D eigenvalue weighted by molar-refractivity contribution is -0.698. The van der Waals surface area contributed by atoms with E-state index in [9.17, 15) is 0 Å². The van der Waals surface area contributed by atoms with Crippen molar-refractivity contribution in [1.29, 1.82) is 0 Å². The highest BCUT2D eigenvalue weighted by molar-refractivity contribution is 8.03. The van der Waals surface area contributed by atoms with E-state index in [1.54, 1.807) is 11.8 Å². The summed E-state index contributed by atoms with van der Waals surface area (Å²) in [6.45, 7) is 2.90. The number of fused-ring (bicyclic) bond motifs is 1. The molecule has 0 radical (unpaired) electrons. The minimum atomic E-state index is 0. The number of rotatable bonds is 3. The van der Waals surface area contributed by atoms with Crippen LogP contribution in [0.5, 0.6) is 0 Å². The second-order valence-corrected chi connectivity index (χ2v) is 6.28. The third kappa shape index (κ3) is 3.64. The van der Waals surface area contributed by atoms with Crippen molar-refractivity contribution >= 4 is 23.5 Å². The molecule has 1 N–H and O–H groups in total. The summed E-state index contributed by atoms with van der Waals surface area (Å²) in [6, 6.07) is 10.7. The molecular weight excluding hydrogens is 407 g/mol. The summed E-state index contributed by atoms with van der Waals surface area (Å²) in [5.41, 5.74) is 3.69. The molecule has 0 atom stereocenters. The number of nitrogens with zero attached hydrogens (tertiary/aromatic N) is 2. The number of halogens is 1. The molecule has 0 unspecified atom stereocenters. The van der Waals surface area contributed by atoms with E-state index in [-0.39, 0.29) is 30.6 Å². The zero-order valence-corrected chi connectivity index (χ0v) is 15.6. The first kappa shape index (κ1) is 17.3. The van der Waals surface area contributed by atoms with Gasteiger partial charge in [-0.2, -0.15) is 0 Å². The summed E-state index contributed by atoms with van der Waals surface area (Å²) >= 11 is 1.80. The molecule has 1 aliphatic rings. The van der Waals surface area contributed by atoms with Crippen molar-refractivity contribution in [2.45, 2.75) is 18.4 Å². The predicted octanol–water partition coefficient (Wildman–Crippen LogP) is -0.181. The number of pyridine rings is 1. The van der Waals surface area contributed by atoms with Gasteiger partial charge in [0.2, 0.25) is 0 Å². The number of aliphatic hydroxyl groups is 1. The lowest BCUT2D eigenvalue weighted by Gasteiger charge is -2.13.